The van der Waals surface area contributed by atoms with Gasteiger partial charge < -0.3 is 19.8 Å². The number of benzene rings is 1. The average molecular weight is 435 g/mol. The third-order valence-corrected chi connectivity index (χ3v) is 5.00. The summed E-state index contributed by atoms with van der Waals surface area (Å²) in [6.45, 7) is 6.30. The summed E-state index contributed by atoms with van der Waals surface area (Å²) in [4.78, 5) is 22.1. The molecule has 0 radical (unpaired) electrons. The van der Waals surface area contributed by atoms with Crippen molar-refractivity contribution in [2.24, 2.45) is 4.99 Å². The maximum Gasteiger partial charge on any atom is 0.350 e. The Labute approximate surface area is 186 Å². The Bertz CT molecular complexity index is 1130. The van der Waals surface area contributed by atoms with Gasteiger partial charge in [-0.15, -0.1) is 0 Å². The quantitative estimate of drug-likeness (QED) is 0.462. The highest BCUT2D eigenvalue weighted by Gasteiger charge is 2.33. The number of aliphatic imine (C=N–C) groups is 1. The van der Waals surface area contributed by atoms with Gasteiger partial charge in [0.1, 0.15) is 23.0 Å². The van der Waals surface area contributed by atoms with Gasteiger partial charge in [-0.1, -0.05) is 30.9 Å². The number of nitrogen functional groups attached to an aromatic ring is 1. The molecule has 32 heavy (non-hydrogen) atoms. The van der Waals surface area contributed by atoms with Crippen LogP contribution in [0, 0.1) is 5.41 Å². The predicted molar refractivity (Wildman–Crippen MR) is 124 cm³/mol. The molecule has 166 valence electrons. The number of urea groups is 1. The van der Waals surface area contributed by atoms with Crippen molar-refractivity contribution >= 4 is 23.4 Å². The molecule has 1 aliphatic heterocycles. The number of allylic oxidation sites excluding steroid dienone is 5. The third-order valence-electron chi connectivity index (χ3n) is 5.00. The van der Waals surface area contributed by atoms with E-state index in [9.17, 15) is 4.79 Å². The topological polar surface area (TPSA) is 119 Å². The monoisotopic (exact) mass is 434 g/mol. The van der Waals surface area contributed by atoms with E-state index >= 15 is 0 Å². The average Bonchev–Trinajstić information content (AvgIpc) is 3.30. The van der Waals surface area contributed by atoms with E-state index in [1.54, 1.807) is 43.3 Å². The number of methoxy groups -OCH3 is 2. The Morgan fingerprint density at radius 1 is 1.25 bits per heavy atom. The molecule has 3 N–H and O–H groups in total. The van der Waals surface area contributed by atoms with E-state index < -0.39 is 6.03 Å². The minimum Gasteiger partial charge on any atom is -0.501 e. The number of aromatic nitrogens is 2. The van der Waals surface area contributed by atoms with Crippen LogP contribution in [0.3, 0.4) is 0 Å². The van der Waals surface area contributed by atoms with Crippen LogP contribution < -0.4 is 10.5 Å². The summed E-state index contributed by atoms with van der Waals surface area (Å²) in [6, 6.07) is 6.75. The zero-order valence-electron chi connectivity index (χ0n) is 18.3. The van der Waals surface area contributed by atoms with Crippen LogP contribution >= 0.6 is 0 Å². The van der Waals surface area contributed by atoms with E-state index in [0.29, 0.717) is 23.8 Å². The Balaban J connectivity index is 1.78. The zero-order valence-corrected chi connectivity index (χ0v) is 18.3. The van der Waals surface area contributed by atoms with Gasteiger partial charge in [0.15, 0.2) is 5.84 Å². The number of carbonyl (C=O) groups is 1. The molecule has 0 saturated carbocycles. The molecule has 1 aromatic heterocycles. The second-order valence-corrected chi connectivity index (χ2v) is 7.06. The number of amidine groups is 1. The van der Waals surface area contributed by atoms with Crippen molar-refractivity contribution in [1.29, 1.82) is 5.41 Å². The van der Waals surface area contributed by atoms with Crippen LogP contribution in [0.4, 0.5) is 10.6 Å². The first-order chi connectivity index (χ1) is 15.4. The van der Waals surface area contributed by atoms with Crippen molar-refractivity contribution in [3.05, 3.63) is 78.0 Å². The van der Waals surface area contributed by atoms with Gasteiger partial charge in [0.2, 0.25) is 0 Å². The van der Waals surface area contributed by atoms with Crippen molar-refractivity contribution in [3.8, 4) is 5.75 Å². The maximum atomic E-state index is 12.5. The van der Waals surface area contributed by atoms with Gasteiger partial charge in [0, 0.05) is 0 Å². The predicted octanol–water partition coefficient (Wildman–Crippen LogP) is 3.54. The molecule has 1 aliphatic rings. The molecule has 2 amide bonds. The Kier molecular flexibility index (Phi) is 6.89. The number of anilines is 1. The minimum absolute atomic E-state index is 0.0408. The number of nitrogens with two attached hydrogens (primary N) is 1. The fourth-order valence-electron chi connectivity index (χ4n) is 3.03. The molecule has 0 atom stereocenters. The van der Waals surface area contributed by atoms with Crippen molar-refractivity contribution in [3.63, 3.8) is 0 Å². The van der Waals surface area contributed by atoms with Gasteiger partial charge in [-0.05, 0) is 36.3 Å². The number of hydrogen-bond acceptors (Lipinski definition) is 6. The highest BCUT2D eigenvalue weighted by molar-refractivity contribution is 6.52. The van der Waals surface area contributed by atoms with Gasteiger partial charge in [0.25, 0.3) is 0 Å². The molecular formula is C23H26N6O3. The minimum atomic E-state index is -0.526. The highest BCUT2D eigenvalue weighted by atomic mass is 16.5. The number of amides is 2. The normalized spacial score (nSPS) is 14.6. The van der Waals surface area contributed by atoms with Crippen LogP contribution in [0.5, 0.6) is 5.75 Å². The number of ether oxygens (including phenoxy) is 2. The summed E-state index contributed by atoms with van der Waals surface area (Å²) < 4.78 is 12.0. The van der Waals surface area contributed by atoms with Crippen molar-refractivity contribution in [1.82, 2.24) is 14.5 Å². The Hall–Kier alpha value is -4.14. The van der Waals surface area contributed by atoms with Crippen LogP contribution in [0.15, 0.2) is 71.7 Å². The molecule has 9 nitrogen and oxygen atoms in total. The first-order valence-electron chi connectivity index (χ1n) is 9.84. The number of imidazole rings is 1. The maximum absolute atomic E-state index is 12.5. The number of nitrogens with one attached hydrogen (secondary N) is 1. The van der Waals surface area contributed by atoms with Crippen LogP contribution in [-0.4, -0.2) is 46.2 Å². The molecule has 0 aliphatic carbocycles. The lowest BCUT2D eigenvalue weighted by atomic mass is 10.2. The van der Waals surface area contributed by atoms with E-state index in [-0.39, 0.29) is 18.1 Å². The van der Waals surface area contributed by atoms with Gasteiger partial charge in [-0.2, -0.15) is 4.99 Å². The fraction of sp³-hybridized carbons (Fsp3) is 0.217. The lowest BCUT2D eigenvalue weighted by Crippen LogP contribution is -2.32. The van der Waals surface area contributed by atoms with Gasteiger partial charge in [-0.3, -0.25) is 10.3 Å². The molecule has 3 rings (SSSR count). The molecule has 0 bridgehead atoms. The summed E-state index contributed by atoms with van der Waals surface area (Å²) in [5, 5.41) is 8.47. The molecule has 0 saturated heterocycles. The molecular weight excluding hydrogens is 408 g/mol. The SMILES string of the molecule is C=C/C(=C\C=C(/C)OC)Cn1cnc(C2=NC(=O)N(Cc3ccc(OC)cc3)C2=N)c1N. The summed E-state index contributed by atoms with van der Waals surface area (Å²) in [5.41, 5.74) is 8.47. The summed E-state index contributed by atoms with van der Waals surface area (Å²) in [7, 11) is 3.19. The van der Waals surface area contributed by atoms with E-state index in [2.05, 4.69) is 16.6 Å². The Morgan fingerprint density at radius 3 is 2.59 bits per heavy atom. The summed E-state index contributed by atoms with van der Waals surface area (Å²) in [6.07, 6.45) is 6.98. The molecule has 0 fully saturated rings. The molecule has 0 unspecified atom stereocenters. The lowest BCUT2D eigenvalue weighted by molar-refractivity contribution is 0.231. The van der Waals surface area contributed by atoms with E-state index in [1.807, 2.05) is 31.2 Å². The number of nitrogens with zero attached hydrogens (tertiary/aromatic N) is 4. The number of hydrogen-bond donors (Lipinski definition) is 2. The molecule has 1 aromatic carbocycles. The van der Waals surface area contributed by atoms with Crippen LogP contribution in [0.1, 0.15) is 18.2 Å². The van der Waals surface area contributed by atoms with Crippen LogP contribution in [0.25, 0.3) is 0 Å². The number of rotatable bonds is 9. The van der Waals surface area contributed by atoms with Crippen molar-refractivity contribution in [2.45, 2.75) is 20.0 Å². The molecule has 2 heterocycles. The standard InChI is InChI=1S/C23H26N6O3/c1-5-16(7-6-15(2)31-3)12-28-14-26-19(21(28)24)20-22(25)29(23(30)27-20)13-17-8-10-18(32-4)11-9-17/h5-11,14,25H,1,12-13,24H2,2-4H3/b15-6+,16-7+,25-22?. The fourth-order valence-corrected chi connectivity index (χ4v) is 3.03. The first kappa shape index (κ1) is 22.5. The lowest BCUT2D eigenvalue weighted by Gasteiger charge is -2.15. The van der Waals surface area contributed by atoms with E-state index in [4.69, 9.17) is 20.6 Å². The van der Waals surface area contributed by atoms with Gasteiger partial charge in [-0.25, -0.2) is 9.78 Å². The number of carbonyl (C=O) groups excluding carboxylic acids is 1. The largest absolute Gasteiger partial charge is 0.501 e. The van der Waals surface area contributed by atoms with Crippen LogP contribution in [-0.2, 0) is 17.8 Å². The smallest absolute Gasteiger partial charge is 0.350 e. The van der Waals surface area contributed by atoms with E-state index in [1.165, 1.54) is 4.90 Å². The second-order valence-electron chi connectivity index (χ2n) is 7.06. The highest BCUT2D eigenvalue weighted by Crippen LogP contribution is 2.22. The molecule has 9 heteroatoms. The summed E-state index contributed by atoms with van der Waals surface area (Å²) >= 11 is 0. The molecule has 2 aromatic rings. The first-order valence-corrected chi connectivity index (χ1v) is 9.84. The van der Waals surface area contributed by atoms with E-state index in [0.717, 1.165) is 16.9 Å². The second kappa shape index (κ2) is 9.78. The summed E-state index contributed by atoms with van der Waals surface area (Å²) in [5.74, 6) is 1.74. The molecule has 0 spiro atoms. The van der Waals surface area contributed by atoms with Crippen molar-refractivity contribution in [2.75, 3.05) is 20.0 Å². The van der Waals surface area contributed by atoms with Crippen LogP contribution in [0.2, 0.25) is 0 Å². The van der Waals surface area contributed by atoms with Gasteiger partial charge >= 0.3 is 6.03 Å². The van der Waals surface area contributed by atoms with Gasteiger partial charge in [0.05, 0.1) is 39.4 Å². The third kappa shape index (κ3) is 4.77. The zero-order chi connectivity index (χ0) is 23.3. The van der Waals surface area contributed by atoms with Crippen molar-refractivity contribution < 1.29 is 14.3 Å². The Morgan fingerprint density at radius 2 is 1.97 bits per heavy atom.